The summed E-state index contributed by atoms with van der Waals surface area (Å²) >= 11 is 5.81. The summed E-state index contributed by atoms with van der Waals surface area (Å²) in [6, 6.07) is 4.09. The largest absolute Gasteiger partial charge is 0.478 e. The fraction of sp³-hybridized carbons (Fsp3) is 0.200. The van der Waals surface area contributed by atoms with Crippen molar-refractivity contribution in [3.05, 3.63) is 28.8 Å². The van der Waals surface area contributed by atoms with Crippen molar-refractivity contribution in [3.63, 3.8) is 0 Å². The first-order valence-corrected chi connectivity index (χ1v) is 4.95. The van der Waals surface area contributed by atoms with Gasteiger partial charge in [0.25, 0.3) is 0 Å². The van der Waals surface area contributed by atoms with Gasteiger partial charge in [0.05, 0.1) is 16.3 Å². The molecule has 86 valence electrons. The van der Waals surface area contributed by atoms with Crippen LogP contribution in [-0.4, -0.2) is 23.5 Å². The lowest BCUT2D eigenvalue weighted by molar-refractivity contribution is -0.116. The first-order chi connectivity index (χ1) is 7.54. The molecule has 0 unspecified atom stereocenters. The van der Waals surface area contributed by atoms with Crippen LogP contribution in [0.15, 0.2) is 18.2 Å². The summed E-state index contributed by atoms with van der Waals surface area (Å²) < 4.78 is 0. The highest BCUT2D eigenvalue weighted by Crippen LogP contribution is 2.23. The second kappa shape index (κ2) is 5.48. The van der Waals surface area contributed by atoms with Crippen LogP contribution < -0.4 is 11.1 Å². The monoisotopic (exact) mass is 242 g/mol. The van der Waals surface area contributed by atoms with Gasteiger partial charge in [0.1, 0.15) is 0 Å². The lowest BCUT2D eigenvalue weighted by Crippen LogP contribution is -2.16. The number of nitrogens with two attached hydrogens (primary N) is 1. The van der Waals surface area contributed by atoms with Crippen molar-refractivity contribution in [3.8, 4) is 0 Å². The van der Waals surface area contributed by atoms with E-state index in [1.165, 1.54) is 18.2 Å². The van der Waals surface area contributed by atoms with E-state index in [9.17, 15) is 9.59 Å². The molecule has 0 fully saturated rings. The van der Waals surface area contributed by atoms with Gasteiger partial charge in [0, 0.05) is 13.0 Å². The normalized spacial score (nSPS) is 9.88. The summed E-state index contributed by atoms with van der Waals surface area (Å²) in [7, 11) is 0. The zero-order valence-electron chi connectivity index (χ0n) is 8.37. The topological polar surface area (TPSA) is 92.4 Å². The number of nitrogens with one attached hydrogen (secondary N) is 1. The molecule has 1 amide bonds. The second-order valence-corrected chi connectivity index (χ2v) is 3.49. The molecule has 0 atom stereocenters. The van der Waals surface area contributed by atoms with Crippen LogP contribution in [0.3, 0.4) is 0 Å². The minimum Gasteiger partial charge on any atom is -0.478 e. The van der Waals surface area contributed by atoms with Gasteiger partial charge in [-0.15, -0.1) is 0 Å². The highest BCUT2D eigenvalue weighted by Gasteiger charge is 2.09. The molecular weight excluding hydrogens is 232 g/mol. The number of amides is 1. The number of halogens is 1. The Morgan fingerprint density at radius 1 is 1.44 bits per heavy atom. The van der Waals surface area contributed by atoms with Gasteiger partial charge in [-0.1, -0.05) is 11.6 Å². The molecule has 0 aliphatic rings. The molecule has 6 heteroatoms. The summed E-state index contributed by atoms with van der Waals surface area (Å²) in [6.07, 6.45) is 0.160. The van der Waals surface area contributed by atoms with Gasteiger partial charge in [-0.3, -0.25) is 4.79 Å². The van der Waals surface area contributed by atoms with E-state index in [4.69, 9.17) is 22.4 Å². The van der Waals surface area contributed by atoms with Crippen molar-refractivity contribution in [2.45, 2.75) is 6.42 Å². The molecule has 1 aromatic rings. The Bertz CT molecular complexity index is 421. The number of hydrogen-bond donors (Lipinski definition) is 3. The fourth-order valence-corrected chi connectivity index (χ4v) is 1.26. The van der Waals surface area contributed by atoms with E-state index in [1.807, 2.05) is 0 Å². The first-order valence-electron chi connectivity index (χ1n) is 4.57. The van der Waals surface area contributed by atoms with Crippen molar-refractivity contribution in [1.29, 1.82) is 0 Å². The molecule has 0 heterocycles. The van der Waals surface area contributed by atoms with Crippen LogP contribution in [0.1, 0.15) is 16.8 Å². The van der Waals surface area contributed by atoms with Crippen molar-refractivity contribution in [1.82, 2.24) is 0 Å². The molecule has 0 aliphatic carbocycles. The second-order valence-electron chi connectivity index (χ2n) is 3.09. The van der Waals surface area contributed by atoms with E-state index in [2.05, 4.69) is 5.32 Å². The standard InChI is InChI=1S/C10H11ClN2O3/c11-7-2-1-6(10(15)16)5-8(7)13-9(14)3-4-12/h1-2,5H,3-4,12H2,(H,13,14)(H,15,16). The first kappa shape index (κ1) is 12.5. The van der Waals surface area contributed by atoms with Crippen LogP contribution in [0.5, 0.6) is 0 Å². The molecule has 4 N–H and O–H groups in total. The van der Waals surface area contributed by atoms with Gasteiger partial charge >= 0.3 is 5.97 Å². The van der Waals surface area contributed by atoms with Crippen LogP contribution in [-0.2, 0) is 4.79 Å². The van der Waals surface area contributed by atoms with Crippen molar-refractivity contribution in [2.24, 2.45) is 5.73 Å². The lowest BCUT2D eigenvalue weighted by atomic mass is 10.2. The van der Waals surface area contributed by atoms with E-state index in [-0.39, 0.29) is 35.1 Å². The average Bonchev–Trinajstić information content (AvgIpc) is 2.21. The highest BCUT2D eigenvalue weighted by atomic mass is 35.5. The minimum absolute atomic E-state index is 0.0625. The number of carbonyl (C=O) groups excluding carboxylic acids is 1. The summed E-state index contributed by atoms with van der Waals surface area (Å²) in [5.41, 5.74) is 5.55. The van der Waals surface area contributed by atoms with Gasteiger partial charge in [0.2, 0.25) is 5.91 Å². The molecular formula is C10H11ClN2O3. The van der Waals surface area contributed by atoms with Gasteiger partial charge in [-0.2, -0.15) is 0 Å². The van der Waals surface area contributed by atoms with E-state index in [0.29, 0.717) is 0 Å². The molecule has 5 nitrogen and oxygen atoms in total. The van der Waals surface area contributed by atoms with Crippen molar-refractivity contribution < 1.29 is 14.7 Å². The third-order valence-corrected chi connectivity index (χ3v) is 2.19. The number of aromatic carboxylic acids is 1. The average molecular weight is 243 g/mol. The lowest BCUT2D eigenvalue weighted by Gasteiger charge is -2.07. The van der Waals surface area contributed by atoms with Crippen LogP contribution in [0, 0.1) is 0 Å². The molecule has 1 aromatic carbocycles. The third-order valence-electron chi connectivity index (χ3n) is 1.86. The number of anilines is 1. The fourth-order valence-electron chi connectivity index (χ4n) is 1.10. The van der Waals surface area contributed by atoms with Gasteiger partial charge in [-0.25, -0.2) is 4.79 Å². The van der Waals surface area contributed by atoms with Gasteiger partial charge in [-0.05, 0) is 18.2 Å². The third kappa shape index (κ3) is 3.22. The maximum atomic E-state index is 11.2. The van der Waals surface area contributed by atoms with Crippen LogP contribution in [0.4, 0.5) is 5.69 Å². The molecule has 0 radical (unpaired) electrons. The summed E-state index contributed by atoms with van der Waals surface area (Å²) in [5.74, 6) is -1.38. The van der Waals surface area contributed by atoms with Crippen molar-refractivity contribution in [2.75, 3.05) is 11.9 Å². The van der Waals surface area contributed by atoms with Gasteiger partial charge < -0.3 is 16.2 Å². The summed E-state index contributed by atoms with van der Waals surface area (Å²) in [5, 5.41) is 11.5. The van der Waals surface area contributed by atoms with Crippen LogP contribution in [0.2, 0.25) is 5.02 Å². The van der Waals surface area contributed by atoms with Gasteiger partial charge in [0.15, 0.2) is 0 Å². The molecule has 0 saturated heterocycles. The minimum atomic E-state index is -1.08. The quantitative estimate of drug-likeness (QED) is 0.743. The molecule has 1 rings (SSSR count). The highest BCUT2D eigenvalue weighted by molar-refractivity contribution is 6.33. The molecule has 0 aliphatic heterocycles. The number of carboxylic acid groups (broad SMARTS) is 1. The SMILES string of the molecule is NCCC(=O)Nc1cc(C(=O)O)ccc1Cl. The number of carboxylic acids is 1. The zero-order chi connectivity index (χ0) is 12.1. The van der Waals surface area contributed by atoms with Crippen molar-refractivity contribution >= 4 is 29.2 Å². The van der Waals surface area contributed by atoms with E-state index >= 15 is 0 Å². The Hall–Kier alpha value is -1.59. The molecule has 0 bridgehead atoms. The molecule has 16 heavy (non-hydrogen) atoms. The van der Waals surface area contributed by atoms with Crippen LogP contribution in [0.25, 0.3) is 0 Å². The number of rotatable bonds is 4. The Labute approximate surface area is 97.2 Å². The number of benzene rings is 1. The predicted octanol–water partition coefficient (Wildman–Crippen LogP) is 1.33. The molecule has 0 saturated carbocycles. The smallest absolute Gasteiger partial charge is 0.335 e. The summed E-state index contributed by atoms with van der Waals surface area (Å²) in [6.45, 7) is 0.224. The zero-order valence-corrected chi connectivity index (χ0v) is 9.12. The maximum absolute atomic E-state index is 11.2. The Balaban J connectivity index is 2.90. The molecule has 0 aromatic heterocycles. The molecule has 0 spiro atoms. The van der Waals surface area contributed by atoms with Crippen LogP contribution >= 0.6 is 11.6 Å². The van der Waals surface area contributed by atoms with E-state index < -0.39 is 5.97 Å². The van der Waals surface area contributed by atoms with E-state index in [0.717, 1.165) is 0 Å². The predicted molar refractivity (Wildman–Crippen MR) is 60.7 cm³/mol. The number of carbonyl (C=O) groups is 2. The Morgan fingerprint density at radius 2 is 2.12 bits per heavy atom. The van der Waals surface area contributed by atoms with E-state index in [1.54, 1.807) is 0 Å². The number of hydrogen-bond acceptors (Lipinski definition) is 3. The Morgan fingerprint density at radius 3 is 2.69 bits per heavy atom. The summed E-state index contributed by atoms with van der Waals surface area (Å²) in [4.78, 5) is 21.9. The maximum Gasteiger partial charge on any atom is 0.335 e. The Kier molecular flexibility index (Phi) is 4.28.